The Kier molecular flexibility index (Phi) is 7.20. The van der Waals surface area contributed by atoms with Crippen LogP contribution in [0.25, 0.3) is 5.69 Å². The van der Waals surface area contributed by atoms with E-state index in [1.165, 1.54) is 4.57 Å². The zero-order valence-electron chi connectivity index (χ0n) is 18.6. The highest BCUT2D eigenvalue weighted by Crippen LogP contribution is 2.16. The lowest BCUT2D eigenvalue weighted by Gasteiger charge is -2.32. The summed E-state index contributed by atoms with van der Waals surface area (Å²) in [5.74, 6) is 0.271. The molecule has 0 atom stereocenters. The molecule has 2 fully saturated rings. The van der Waals surface area contributed by atoms with E-state index in [2.05, 4.69) is 25.8 Å². The number of nitrogens with zero attached hydrogens (tertiary/aromatic N) is 4. The molecule has 0 unspecified atom stereocenters. The van der Waals surface area contributed by atoms with Gasteiger partial charge in [-0.3, -0.25) is 20.2 Å². The van der Waals surface area contributed by atoms with Crippen LogP contribution < -0.4 is 27.4 Å². The molecular formula is C22H31N9O2. The van der Waals surface area contributed by atoms with Gasteiger partial charge in [-0.2, -0.15) is 4.98 Å². The van der Waals surface area contributed by atoms with Gasteiger partial charge in [-0.15, -0.1) is 0 Å². The van der Waals surface area contributed by atoms with Gasteiger partial charge in [0.25, 0.3) is 0 Å². The van der Waals surface area contributed by atoms with Crippen molar-refractivity contribution >= 4 is 17.8 Å². The van der Waals surface area contributed by atoms with E-state index in [0.29, 0.717) is 13.1 Å². The van der Waals surface area contributed by atoms with E-state index < -0.39 is 5.69 Å². The molecule has 2 saturated heterocycles. The summed E-state index contributed by atoms with van der Waals surface area (Å²) in [5.41, 5.74) is 6.83. The number of benzene rings is 1. The molecule has 0 saturated carbocycles. The van der Waals surface area contributed by atoms with E-state index in [4.69, 9.17) is 11.1 Å². The third-order valence-electron chi connectivity index (χ3n) is 5.98. The Labute approximate surface area is 192 Å². The largest absolute Gasteiger partial charge is 0.370 e. The van der Waals surface area contributed by atoms with Gasteiger partial charge in [0.1, 0.15) is 5.82 Å². The SMILES string of the molecule is N=C(N)NC1CCN(Cc2cccc(-n3ccc(NC(=O)N4CCNCC4)nc3=O)c2)CC1. The molecule has 3 heterocycles. The minimum absolute atomic E-state index is 0.0228. The number of anilines is 1. The van der Waals surface area contributed by atoms with Crippen LogP contribution in [-0.2, 0) is 6.54 Å². The topological polar surface area (TPSA) is 144 Å². The molecule has 2 aliphatic rings. The van der Waals surface area contributed by atoms with Crippen molar-refractivity contribution in [1.29, 1.82) is 5.41 Å². The molecule has 2 amide bonds. The van der Waals surface area contributed by atoms with Crippen LogP contribution in [0.1, 0.15) is 18.4 Å². The summed E-state index contributed by atoms with van der Waals surface area (Å²) < 4.78 is 1.48. The fraction of sp³-hybridized carbons (Fsp3) is 0.455. The van der Waals surface area contributed by atoms with Crippen LogP contribution in [0.15, 0.2) is 41.3 Å². The molecule has 176 valence electrons. The molecule has 0 radical (unpaired) electrons. The second kappa shape index (κ2) is 10.5. The first-order chi connectivity index (χ1) is 16.0. The minimum Gasteiger partial charge on any atom is -0.370 e. The van der Waals surface area contributed by atoms with E-state index in [-0.39, 0.29) is 23.9 Å². The van der Waals surface area contributed by atoms with Crippen LogP contribution >= 0.6 is 0 Å². The number of hydrogen-bond acceptors (Lipinski definition) is 6. The van der Waals surface area contributed by atoms with Gasteiger partial charge >= 0.3 is 11.7 Å². The summed E-state index contributed by atoms with van der Waals surface area (Å²) in [6.45, 7) is 5.37. The predicted octanol–water partition coefficient (Wildman–Crippen LogP) is 0.117. The van der Waals surface area contributed by atoms with Crippen molar-refractivity contribution in [3.05, 3.63) is 52.6 Å². The Hall–Kier alpha value is -3.44. The summed E-state index contributed by atoms with van der Waals surface area (Å²) >= 11 is 0. The first-order valence-corrected chi connectivity index (χ1v) is 11.3. The van der Waals surface area contributed by atoms with Crippen LogP contribution in [0, 0.1) is 5.41 Å². The monoisotopic (exact) mass is 453 g/mol. The average Bonchev–Trinajstić information content (AvgIpc) is 2.81. The van der Waals surface area contributed by atoms with Gasteiger partial charge in [0.15, 0.2) is 5.96 Å². The van der Waals surface area contributed by atoms with Crippen molar-refractivity contribution < 1.29 is 4.79 Å². The quantitative estimate of drug-likeness (QED) is 0.319. The predicted molar refractivity (Wildman–Crippen MR) is 127 cm³/mol. The number of carbonyl (C=O) groups is 1. The first-order valence-electron chi connectivity index (χ1n) is 11.3. The lowest BCUT2D eigenvalue weighted by molar-refractivity contribution is 0.198. The third kappa shape index (κ3) is 6.08. The van der Waals surface area contributed by atoms with Crippen LogP contribution in [0.5, 0.6) is 0 Å². The zero-order valence-corrected chi connectivity index (χ0v) is 18.6. The van der Waals surface area contributed by atoms with Crippen LogP contribution in [0.4, 0.5) is 10.6 Å². The fourth-order valence-electron chi connectivity index (χ4n) is 4.24. The van der Waals surface area contributed by atoms with Crippen molar-refractivity contribution in [1.82, 2.24) is 30.0 Å². The molecular weight excluding hydrogens is 422 g/mol. The summed E-state index contributed by atoms with van der Waals surface area (Å²) in [7, 11) is 0. The maximum absolute atomic E-state index is 12.7. The van der Waals surface area contributed by atoms with Crippen molar-refractivity contribution in [2.45, 2.75) is 25.4 Å². The number of likely N-dealkylation sites (tertiary alicyclic amines) is 1. The smallest absolute Gasteiger partial charge is 0.354 e. The van der Waals surface area contributed by atoms with E-state index in [1.807, 2.05) is 24.3 Å². The normalized spacial score (nSPS) is 17.5. The Morgan fingerprint density at radius 2 is 1.94 bits per heavy atom. The fourth-order valence-corrected chi connectivity index (χ4v) is 4.24. The molecule has 33 heavy (non-hydrogen) atoms. The number of carbonyl (C=O) groups excluding carboxylic acids is 1. The number of nitrogens with one attached hydrogen (secondary N) is 4. The average molecular weight is 454 g/mol. The molecule has 6 N–H and O–H groups in total. The van der Waals surface area contributed by atoms with Gasteiger partial charge in [0, 0.05) is 58.1 Å². The maximum Gasteiger partial charge on any atom is 0.354 e. The van der Waals surface area contributed by atoms with E-state index in [0.717, 1.165) is 56.8 Å². The molecule has 2 aliphatic heterocycles. The van der Waals surface area contributed by atoms with Crippen LogP contribution in [0.2, 0.25) is 0 Å². The Balaban J connectivity index is 1.38. The summed E-state index contributed by atoms with van der Waals surface area (Å²) in [6, 6.07) is 9.48. The van der Waals surface area contributed by atoms with Gasteiger partial charge in [-0.25, -0.2) is 9.59 Å². The number of piperidine rings is 1. The van der Waals surface area contributed by atoms with Crippen molar-refractivity contribution in [2.24, 2.45) is 5.73 Å². The first kappa shape index (κ1) is 22.7. The number of aromatic nitrogens is 2. The van der Waals surface area contributed by atoms with E-state index in [1.54, 1.807) is 17.2 Å². The minimum atomic E-state index is -0.443. The summed E-state index contributed by atoms with van der Waals surface area (Å²) in [6.07, 6.45) is 3.51. The Morgan fingerprint density at radius 3 is 2.64 bits per heavy atom. The number of nitrogens with two attached hydrogens (primary N) is 1. The number of urea groups is 1. The van der Waals surface area contributed by atoms with Gasteiger partial charge < -0.3 is 21.3 Å². The molecule has 1 aromatic carbocycles. The molecule has 11 heteroatoms. The van der Waals surface area contributed by atoms with Gasteiger partial charge in [-0.1, -0.05) is 12.1 Å². The van der Waals surface area contributed by atoms with Crippen molar-refractivity contribution in [2.75, 3.05) is 44.6 Å². The number of piperazine rings is 1. The van der Waals surface area contributed by atoms with Crippen molar-refractivity contribution in [3.63, 3.8) is 0 Å². The van der Waals surface area contributed by atoms with Crippen LogP contribution in [-0.4, -0.2) is 76.7 Å². The number of rotatable bonds is 5. The highest BCUT2D eigenvalue weighted by atomic mass is 16.2. The summed E-state index contributed by atoms with van der Waals surface area (Å²) in [5, 5.41) is 16.3. The molecule has 11 nitrogen and oxygen atoms in total. The standard InChI is InChI=1S/C22H31N9O2/c23-20(24)26-17-4-9-29(10-5-17)15-16-2-1-3-18(14-16)31-11-6-19(28-22(31)33)27-21(32)30-12-7-25-8-13-30/h1-3,6,11,14,17,25H,4-5,7-10,12-13,15H2,(H4,23,24,26)(H,27,28,32,33). The molecule has 0 spiro atoms. The second-order valence-corrected chi connectivity index (χ2v) is 8.41. The molecule has 4 rings (SSSR count). The molecule has 0 aliphatic carbocycles. The second-order valence-electron chi connectivity index (χ2n) is 8.41. The highest BCUT2D eigenvalue weighted by molar-refractivity contribution is 5.88. The van der Waals surface area contributed by atoms with Gasteiger partial charge in [-0.05, 0) is 36.6 Å². The molecule has 1 aromatic heterocycles. The number of guanidine groups is 1. The summed E-state index contributed by atoms with van der Waals surface area (Å²) in [4.78, 5) is 33.1. The van der Waals surface area contributed by atoms with Crippen molar-refractivity contribution in [3.8, 4) is 5.69 Å². The highest BCUT2D eigenvalue weighted by Gasteiger charge is 2.20. The zero-order chi connectivity index (χ0) is 23.2. The van der Waals surface area contributed by atoms with E-state index in [9.17, 15) is 9.59 Å². The van der Waals surface area contributed by atoms with Crippen LogP contribution in [0.3, 0.4) is 0 Å². The Morgan fingerprint density at radius 1 is 1.18 bits per heavy atom. The van der Waals surface area contributed by atoms with E-state index >= 15 is 0 Å². The lowest BCUT2D eigenvalue weighted by Crippen LogP contribution is -2.48. The maximum atomic E-state index is 12.7. The number of hydrogen-bond donors (Lipinski definition) is 5. The number of amides is 2. The lowest BCUT2D eigenvalue weighted by atomic mass is 10.0. The molecule has 0 bridgehead atoms. The van der Waals surface area contributed by atoms with Gasteiger partial charge in [0.05, 0.1) is 5.69 Å². The third-order valence-corrected chi connectivity index (χ3v) is 5.98. The van der Waals surface area contributed by atoms with Gasteiger partial charge in [0.2, 0.25) is 0 Å². The Bertz CT molecular complexity index is 1040. The molecule has 2 aromatic rings.